The van der Waals surface area contributed by atoms with Crippen LogP contribution in [0.25, 0.3) is 20.4 Å². The third kappa shape index (κ3) is 7.64. The summed E-state index contributed by atoms with van der Waals surface area (Å²) >= 11 is 3.11. The summed E-state index contributed by atoms with van der Waals surface area (Å²) in [5, 5.41) is 40.8. The van der Waals surface area contributed by atoms with Crippen LogP contribution in [0.4, 0.5) is 10.3 Å². The SMILES string of the molecule is CNC(=O)c1cc(Oc2ccc3nc(N[C@@H]4CCCC[C@H]4O)sc3c2C)ccn1.Cc1c(O)ccc2nc(N[C@@H]3CCCC[C@H]3O)sc12. The highest BCUT2D eigenvalue weighted by Gasteiger charge is 2.25. The Hall–Kier alpha value is -4.04. The van der Waals surface area contributed by atoms with E-state index in [1.165, 1.54) is 0 Å². The van der Waals surface area contributed by atoms with Crippen molar-refractivity contribution < 1.29 is 24.9 Å². The number of aliphatic hydroxyl groups is 2. The number of benzene rings is 2. The molecule has 0 radical (unpaired) electrons. The first-order valence-electron chi connectivity index (χ1n) is 16.4. The molecular weight excluding hydrogens is 649 g/mol. The van der Waals surface area contributed by atoms with E-state index in [-0.39, 0.29) is 30.2 Å². The van der Waals surface area contributed by atoms with Gasteiger partial charge in [-0.3, -0.25) is 9.78 Å². The first-order valence-corrected chi connectivity index (χ1v) is 18.1. The van der Waals surface area contributed by atoms with Crippen molar-refractivity contribution in [2.45, 2.75) is 89.5 Å². The molecular formula is C35H42N6O5S2. The van der Waals surface area contributed by atoms with Gasteiger partial charge in [-0.25, -0.2) is 9.97 Å². The highest BCUT2D eigenvalue weighted by Crippen LogP contribution is 2.37. The first-order chi connectivity index (χ1) is 23.2. The Morgan fingerprint density at radius 3 is 1.96 bits per heavy atom. The molecule has 1 amide bonds. The van der Waals surface area contributed by atoms with E-state index in [0.29, 0.717) is 22.9 Å². The van der Waals surface area contributed by atoms with Crippen LogP contribution in [-0.2, 0) is 0 Å². The minimum absolute atomic E-state index is 0.0558. The van der Waals surface area contributed by atoms with Crippen LogP contribution in [0.15, 0.2) is 42.6 Å². The molecule has 2 fully saturated rings. The summed E-state index contributed by atoms with van der Waals surface area (Å²) in [4.78, 5) is 25.1. The van der Waals surface area contributed by atoms with Crippen LogP contribution < -0.4 is 20.7 Å². The average molecular weight is 691 g/mol. The van der Waals surface area contributed by atoms with E-state index in [2.05, 4.69) is 30.9 Å². The zero-order valence-corrected chi connectivity index (χ0v) is 29.0. The molecule has 3 aromatic heterocycles. The summed E-state index contributed by atoms with van der Waals surface area (Å²) in [6.07, 6.45) is 9.06. The molecule has 6 N–H and O–H groups in total. The minimum Gasteiger partial charge on any atom is -0.508 e. The fourth-order valence-electron chi connectivity index (χ4n) is 6.18. The smallest absolute Gasteiger partial charge is 0.269 e. The van der Waals surface area contributed by atoms with Crippen molar-refractivity contribution in [1.29, 1.82) is 0 Å². The number of phenols is 1. The lowest BCUT2D eigenvalue weighted by Gasteiger charge is -2.27. The van der Waals surface area contributed by atoms with E-state index < -0.39 is 0 Å². The van der Waals surface area contributed by atoms with Crippen LogP contribution in [0, 0.1) is 13.8 Å². The number of anilines is 2. The van der Waals surface area contributed by atoms with E-state index in [0.717, 1.165) is 93.2 Å². The zero-order chi connectivity index (χ0) is 33.8. The van der Waals surface area contributed by atoms with Gasteiger partial charge in [0.05, 0.1) is 44.7 Å². The predicted octanol–water partition coefficient (Wildman–Crippen LogP) is 6.89. The van der Waals surface area contributed by atoms with Gasteiger partial charge in [0, 0.05) is 30.4 Å². The van der Waals surface area contributed by atoms with Crippen molar-refractivity contribution >= 4 is 59.3 Å². The van der Waals surface area contributed by atoms with Gasteiger partial charge in [-0.2, -0.15) is 0 Å². The molecule has 3 heterocycles. The number of aliphatic hydroxyl groups excluding tert-OH is 2. The Balaban J connectivity index is 0.000000182. The van der Waals surface area contributed by atoms with Gasteiger partial charge < -0.3 is 36.0 Å². The Morgan fingerprint density at radius 1 is 0.812 bits per heavy atom. The van der Waals surface area contributed by atoms with E-state index in [4.69, 9.17) is 4.74 Å². The normalized spacial score (nSPS) is 20.9. The van der Waals surface area contributed by atoms with Crippen molar-refractivity contribution in [2.75, 3.05) is 17.7 Å². The van der Waals surface area contributed by atoms with E-state index >= 15 is 0 Å². The number of rotatable bonds is 7. The zero-order valence-electron chi connectivity index (χ0n) is 27.3. The molecule has 4 atom stereocenters. The lowest BCUT2D eigenvalue weighted by Crippen LogP contribution is -2.36. The second-order valence-corrected chi connectivity index (χ2v) is 14.4. The Labute approximate surface area is 287 Å². The van der Waals surface area contributed by atoms with Crippen LogP contribution in [-0.4, -0.2) is 67.5 Å². The van der Waals surface area contributed by atoms with Crippen LogP contribution in [0.2, 0.25) is 0 Å². The summed E-state index contributed by atoms with van der Waals surface area (Å²) in [5.41, 5.74) is 3.95. The molecule has 2 aliphatic rings. The third-order valence-electron chi connectivity index (χ3n) is 9.03. The second kappa shape index (κ2) is 15.0. The summed E-state index contributed by atoms with van der Waals surface area (Å²) in [7, 11) is 1.57. The van der Waals surface area contributed by atoms with Crippen LogP contribution in [0.5, 0.6) is 17.2 Å². The van der Waals surface area contributed by atoms with Gasteiger partial charge in [0.1, 0.15) is 22.9 Å². The Bertz CT molecular complexity index is 1890. The molecule has 48 heavy (non-hydrogen) atoms. The largest absolute Gasteiger partial charge is 0.508 e. The number of hydrogen-bond donors (Lipinski definition) is 6. The van der Waals surface area contributed by atoms with E-state index in [1.54, 1.807) is 54.1 Å². The van der Waals surface area contributed by atoms with Crippen molar-refractivity contribution in [3.8, 4) is 17.2 Å². The van der Waals surface area contributed by atoms with Crippen molar-refractivity contribution in [1.82, 2.24) is 20.3 Å². The highest BCUT2D eigenvalue weighted by atomic mass is 32.1. The number of pyridine rings is 1. The van der Waals surface area contributed by atoms with Gasteiger partial charge in [0.25, 0.3) is 5.91 Å². The number of carbonyl (C=O) groups is 1. The van der Waals surface area contributed by atoms with Crippen molar-refractivity contribution in [2.24, 2.45) is 0 Å². The molecule has 0 aliphatic heterocycles. The van der Waals surface area contributed by atoms with Crippen LogP contribution in [0.3, 0.4) is 0 Å². The molecule has 11 nitrogen and oxygen atoms in total. The topological polar surface area (TPSA) is 162 Å². The average Bonchev–Trinajstić information content (AvgIpc) is 3.71. The number of amides is 1. The molecule has 0 unspecified atom stereocenters. The fourth-order valence-corrected chi connectivity index (χ4v) is 8.23. The standard InChI is InChI=1S/C21H24N4O3S.C14H18N2O2S/c1-12-18(28-13-9-10-23-16(11-13)20(27)22-2)8-7-15-19(12)29-21(25-15)24-14-5-3-4-6-17(14)26;1-8-11(17)7-6-10-13(8)19-14(16-10)15-9-4-2-3-5-12(9)18/h7-11,14,17,26H,3-6H2,1-2H3,(H,22,27)(H,24,25);6-7,9,12,17-18H,2-5H2,1H3,(H,15,16)/t14-,17-;9-,12-/m11/s1. The molecule has 13 heteroatoms. The quantitative estimate of drug-likeness (QED) is 0.106. The highest BCUT2D eigenvalue weighted by molar-refractivity contribution is 7.22. The third-order valence-corrected chi connectivity index (χ3v) is 11.3. The molecule has 254 valence electrons. The maximum atomic E-state index is 11.8. The predicted molar refractivity (Wildman–Crippen MR) is 192 cm³/mol. The number of fused-ring (bicyclic) bond motifs is 2. The van der Waals surface area contributed by atoms with Crippen LogP contribution in [0.1, 0.15) is 73.0 Å². The molecule has 5 aromatic rings. The minimum atomic E-state index is -0.322. The molecule has 0 spiro atoms. The van der Waals surface area contributed by atoms with Gasteiger partial charge in [-0.05, 0) is 69.9 Å². The van der Waals surface area contributed by atoms with Crippen LogP contribution >= 0.6 is 22.7 Å². The maximum Gasteiger partial charge on any atom is 0.269 e. The summed E-state index contributed by atoms with van der Waals surface area (Å²) in [6.45, 7) is 3.89. The number of thiazole rings is 2. The number of nitrogens with one attached hydrogen (secondary N) is 3. The molecule has 2 saturated carbocycles. The Kier molecular flexibility index (Phi) is 10.6. The van der Waals surface area contributed by atoms with Gasteiger partial charge in [-0.1, -0.05) is 48.4 Å². The number of phenolic OH excluding ortho intramolecular Hbond substituents is 1. The van der Waals surface area contributed by atoms with Gasteiger partial charge in [0.2, 0.25) is 0 Å². The van der Waals surface area contributed by atoms with Gasteiger partial charge in [-0.15, -0.1) is 0 Å². The lowest BCUT2D eigenvalue weighted by molar-refractivity contribution is 0.0957. The van der Waals surface area contributed by atoms with E-state index in [1.807, 2.05) is 32.0 Å². The molecule has 0 saturated heterocycles. The van der Waals surface area contributed by atoms with Crippen molar-refractivity contribution in [3.63, 3.8) is 0 Å². The number of carbonyl (C=O) groups excluding carboxylic acids is 1. The number of aryl methyl sites for hydroxylation is 2. The molecule has 2 aliphatic carbocycles. The first kappa shape index (κ1) is 33.8. The molecule has 0 bridgehead atoms. The summed E-state index contributed by atoms with van der Waals surface area (Å²) in [5.74, 6) is 1.31. The number of aromatic nitrogens is 3. The molecule has 7 rings (SSSR count). The fraction of sp³-hybridized carbons (Fsp3) is 0.429. The number of hydrogen-bond acceptors (Lipinski definition) is 12. The Morgan fingerprint density at radius 2 is 1.38 bits per heavy atom. The van der Waals surface area contributed by atoms with Gasteiger partial charge in [0.15, 0.2) is 10.3 Å². The number of nitrogens with zero attached hydrogens (tertiary/aromatic N) is 3. The number of ether oxygens (including phenoxy) is 1. The lowest BCUT2D eigenvalue weighted by atomic mass is 9.93. The summed E-state index contributed by atoms with van der Waals surface area (Å²) < 4.78 is 8.07. The second-order valence-electron chi connectivity index (χ2n) is 12.4. The van der Waals surface area contributed by atoms with E-state index in [9.17, 15) is 20.1 Å². The maximum absolute atomic E-state index is 11.8. The van der Waals surface area contributed by atoms with Crippen molar-refractivity contribution in [3.05, 3.63) is 59.4 Å². The number of aromatic hydroxyl groups is 1. The monoisotopic (exact) mass is 690 g/mol. The molecule has 2 aromatic carbocycles. The van der Waals surface area contributed by atoms with Gasteiger partial charge >= 0.3 is 0 Å². The summed E-state index contributed by atoms with van der Waals surface area (Å²) in [6, 6.07) is 10.8.